The number of fused-ring (bicyclic) bond motifs is 2. The second kappa shape index (κ2) is 11.1. The molecule has 0 radical (unpaired) electrons. The molecule has 5 amide bonds. The molecule has 0 saturated carbocycles. The largest absolute Gasteiger partial charge is 0.358 e. The fraction of sp³-hybridized carbons (Fsp3) is 0.367. The van der Waals surface area contributed by atoms with E-state index in [1.165, 1.54) is 28.9 Å². The second-order valence-corrected chi connectivity index (χ2v) is 11.3. The molecule has 14 heteroatoms. The van der Waals surface area contributed by atoms with Crippen LogP contribution in [0, 0.1) is 5.82 Å². The molecule has 1 spiro atoms. The molecule has 1 aromatic heterocycles. The van der Waals surface area contributed by atoms with Crippen molar-refractivity contribution >= 4 is 23.8 Å². The van der Waals surface area contributed by atoms with Gasteiger partial charge in [0.1, 0.15) is 30.5 Å². The molecule has 11 nitrogen and oxygen atoms in total. The van der Waals surface area contributed by atoms with Gasteiger partial charge in [-0.15, -0.1) is 0 Å². The molecule has 2 unspecified atom stereocenters. The Morgan fingerprint density at radius 3 is 2.59 bits per heavy atom. The summed E-state index contributed by atoms with van der Waals surface area (Å²) in [7, 11) is 1.54. The Hall–Kier alpha value is -4.72. The van der Waals surface area contributed by atoms with Gasteiger partial charge in [0.2, 0.25) is 11.8 Å². The molecular weight excluding hydrogens is 579 g/mol. The van der Waals surface area contributed by atoms with Crippen molar-refractivity contribution in [1.82, 2.24) is 35.5 Å². The van der Waals surface area contributed by atoms with Crippen molar-refractivity contribution < 1.29 is 32.3 Å². The Morgan fingerprint density at radius 2 is 1.89 bits per heavy atom. The van der Waals surface area contributed by atoms with Crippen LogP contribution < -0.4 is 16.0 Å². The van der Waals surface area contributed by atoms with Crippen LogP contribution in [0.25, 0.3) is 11.1 Å². The first kappa shape index (κ1) is 29.4. The lowest BCUT2D eigenvalue weighted by atomic mass is 9.90. The number of halogens is 3. The zero-order valence-corrected chi connectivity index (χ0v) is 23.8. The van der Waals surface area contributed by atoms with Gasteiger partial charge in [-0.3, -0.25) is 24.0 Å². The molecule has 6 rings (SSSR count). The van der Waals surface area contributed by atoms with Gasteiger partial charge in [0.25, 0.3) is 11.8 Å². The number of carbonyl (C=O) groups is 4. The van der Waals surface area contributed by atoms with Gasteiger partial charge < -0.3 is 20.9 Å². The molecule has 2 aromatic carbocycles. The molecule has 230 valence electrons. The average molecular weight is 610 g/mol. The molecule has 3 aliphatic rings. The third kappa shape index (κ3) is 5.19. The molecule has 0 bridgehead atoms. The Kier molecular flexibility index (Phi) is 7.40. The topological polar surface area (TPSA) is 129 Å². The average Bonchev–Trinajstić information content (AvgIpc) is 3.76. The lowest BCUT2D eigenvalue weighted by Gasteiger charge is -2.33. The van der Waals surface area contributed by atoms with Gasteiger partial charge in [-0.1, -0.05) is 30.3 Å². The number of aromatic nitrogens is 2. The summed E-state index contributed by atoms with van der Waals surface area (Å²) >= 11 is 0. The smallest absolute Gasteiger partial charge is 0.325 e. The first-order valence-corrected chi connectivity index (χ1v) is 14.1. The highest BCUT2D eigenvalue weighted by molar-refractivity contribution is 6.10. The SMILES string of the molecule is CNC(=O)Cn1cc(-c2ccc3c(c2)CCC32NC(=O)N(CC(=O)N(Cc3ccc(F)cc3)C3CNCC3(F)F)C2=O)cn1. The van der Waals surface area contributed by atoms with Crippen LogP contribution in [0.15, 0.2) is 54.9 Å². The number of imide groups is 1. The zero-order chi connectivity index (χ0) is 31.2. The number of nitrogens with one attached hydrogen (secondary N) is 3. The Balaban J connectivity index is 1.22. The van der Waals surface area contributed by atoms with Crippen LogP contribution in [0.5, 0.6) is 0 Å². The maximum absolute atomic E-state index is 14.8. The first-order valence-electron chi connectivity index (χ1n) is 14.1. The maximum atomic E-state index is 14.8. The lowest BCUT2D eigenvalue weighted by molar-refractivity contribution is -0.146. The predicted molar refractivity (Wildman–Crippen MR) is 151 cm³/mol. The number of rotatable bonds is 8. The van der Waals surface area contributed by atoms with E-state index >= 15 is 0 Å². The van der Waals surface area contributed by atoms with Gasteiger partial charge in [0.05, 0.1) is 12.7 Å². The predicted octanol–water partition coefficient (Wildman–Crippen LogP) is 1.76. The van der Waals surface area contributed by atoms with E-state index in [4.69, 9.17) is 0 Å². The maximum Gasteiger partial charge on any atom is 0.325 e. The number of hydrogen-bond donors (Lipinski definition) is 3. The lowest BCUT2D eigenvalue weighted by Crippen LogP contribution is -2.53. The van der Waals surface area contributed by atoms with E-state index < -0.39 is 54.3 Å². The standard InChI is InChI=1S/C30H30F3N7O4/c1-34-25(41)15-38-14-21(11-36-38)19-4-7-23-20(10-19)8-9-29(23)27(43)40(28(44)37-29)16-26(42)39(24-12-35-17-30(24,32)33)13-18-2-5-22(31)6-3-18/h2-7,10-11,14,24,35H,8-9,12-13,15-17H2,1H3,(H,34,41)(H,37,44). The number of urea groups is 1. The van der Waals surface area contributed by atoms with E-state index in [1.54, 1.807) is 31.6 Å². The van der Waals surface area contributed by atoms with Crippen molar-refractivity contribution in [2.24, 2.45) is 0 Å². The minimum absolute atomic E-state index is 0.0653. The van der Waals surface area contributed by atoms with Crippen LogP contribution in [0.2, 0.25) is 0 Å². The molecule has 2 saturated heterocycles. The van der Waals surface area contributed by atoms with Crippen molar-refractivity contribution in [3.8, 4) is 11.1 Å². The number of aryl methyl sites for hydroxylation is 1. The van der Waals surface area contributed by atoms with Crippen molar-refractivity contribution in [2.75, 3.05) is 26.7 Å². The van der Waals surface area contributed by atoms with Gasteiger partial charge in [-0.25, -0.2) is 18.0 Å². The monoisotopic (exact) mass is 609 g/mol. The van der Waals surface area contributed by atoms with E-state index in [2.05, 4.69) is 21.0 Å². The molecule has 1 aliphatic carbocycles. The highest BCUT2D eigenvalue weighted by atomic mass is 19.3. The normalized spacial score (nSPS) is 21.9. The summed E-state index contributed by atoms with van der Waals surface area (Å²) in [5.41, 5.74) is 2.06. The zero-order valence-electron chi connectivity index (χ0n) is 23.8. The first-order chi connectivity index (χ1) is 21.0. The van der Waals surface area contributed by atoms with Crippen molar-refractivity contribution in [3.63, 3.8) is 0 Å². The fourth-order valence-corrected chi connectivity index (χ4v) is 6.17. The highest BCUT2D eigenvalue weighted by Gasteiger charge is 2.56. The summed E-state index contributed by atoms with van der Waals surface area (Å²) < 4.78 is 44.5. The van der Waals surface area contributed by atoms with Gasteiger partial charge >= 0.3 is 6.03 Å². The summed E-state index contributed by atoms with van der Waals surface area (Å²) in [6, 6.07) is 8.29. The number of alkyl halides is 2. The summed E-state index contributed by atoms with van der Waals surface area (Å²) in [6.07, 6.45) is 4.10. The van der Waals surface area contributed by atoms with E-state index in [-0.39, 0.29) is 32.0 Å². The highest BCUT2D eigenvalue weighted by Crippen LogP contribution is 2.43. The molecule has 3 N–H and O–H groups in total. The number of hydrogen-bond acceptors (Lipinski definition) is 6. The molecule has 44 heavy (non-hydrogen) atoms. The van der Waals surface area contributed by atoms with Crippen LogP contribution in [-0.4, -0.2) is 82.0 Å². The minimum Gasteiger partial charge on any atom is -0.358 e. The Labute approximate surface area is 250 Å². The van der Waals surface area contributed by atoms with Crippen molar-refractivity contribution in [2.45, 2.75) is 43.4 Å². The van der Waals surface area contributed by atoms with Gasteiger partial charge in [-0.2, -0.15) is 5.10 Å². The minimum atomic E-state index is -3.24. The van der Waals surface area contributed by atoms with E-state index in [1.807, 2.05) is 6.07 Å². The fourth-order valence-electron chi connectivity index (χ4n) is 6.17. The van der Waals surface area contributed by atoms with Crippen LogP contribution in [0.4, 0.5) is 18.0 Å². The van der Waals surface area contributed by atoms with E-state index in [0.717, 1.165) is 26.5 Å². The summed E-state index contributed by atoms with van der Waals surface area (Å²) in [6.45, 7) is -1.70. The molecule has 3 aromatic rings. The Morgan fingerprint density at radius 1 is 1.11 bits per heavy atom. The van der Waals surface area contributed by atoms with Gasteiger partial charge in [0, 0.05) is 31.9 Å². The number of carbonyl (C=O) groups excluding carboxylic acids is 4. The summed E-state index contributed by atoms with van der Waals surface area (Å²) in [4.78, 5) is 53.9. The quantitative estimate of drug-likeness (QED) is 0.334. The summed E-state index contributed by atoms with van der Waals surface area (Å²) in [5.74, 6) is -5.40. The molecule has 2 aliphatic heterocycles. The molecule has 3 heterocycles. The Bertz CT molecular complexity index is 1640. The third-order valence-corrected chi connectivity index (χ3v) is 8.50. The molecular formula is C30H30F3N7O4. The van der Waals surface area contributed by atoms with Gasteiger partial charge in [0.15, 0.2) is 0 Å². The van der Waals surface area contributed by atoms with Crippen LogP contribution >= 0.6 is 0 Å². The summed E-state index contributed by atoms with van der Waals surface area (Å²) in [5, 5.41) is 12.1. The molecule has 2 atom stereocenters. The number of amides is 5. The number of nitrogens with zero attached hydrogens (tertiary/aromatic N) is 4. The van der Waals surface area contributed by atoms with E-state index in [9.17, 15) is 32.3 Å². The van der Waals surface area contributed by atoms with Crippen LogP contribution in [0.3, 0.4) is 0 Å². The van der Waals surface area contributed by atoms with E-state index in [0.29, 0.717) is 17.5 Å². The second-order valence-electron chi connectivity index (χ2n) is 11.3. The third-order valence-electron chi connectivity index (χ3n) is 8.50. The van der Waals surface area contributed by atoms with Crippen LogP contribution in [0.1, 0.15) is 23.1 Å². The molecule has 2 fully saturated rings. The number of likely N-dealkylation sites (N-methyl/N-ethyl adjacent to an activating group) is 1. The van der Waals surface area contributed by atoms with Crippen molar-refractivity contribution in [3.05, 3.63) is 77.4 Å². The van der Waals surface area contributed by atoms with Crippen LogP contribution in [-0.2, 0) is 39.4 Å². The number of benzene rings is 2. The van der Waals surface area contributed by atoms with Crippen molar-refractivity contribution in [1.29, 1.82) is 0 Å². The van der Waals surface area contributed by atoms with Gasteiger partial charge in [-0.05, 0) is 47.2 Å².